The van der Waals surface area contributed by atoms with Crippen LogP contribution in [0.3, 0.4) is 0 Å². The van der Waals surface area contributed by atoms with E-state index in [1.807, 2.05) is 0 Å². The lowest BCUT2D eigenvalue weighted by Gasteiger charge is -2.17. The Bertz CT molecular complexity index is 655. The lowest BCUT2D eigenvalue weighted by Crippen LogP contribution is -2.30. The molecule has 2 rings (SSSR count). The van der Waals surface area contributed by atoms with E-state index < -0.39 is 5.97 Å². The lowest BCUT2D eigenvalue weighted by molar-refractivity contribution is 0.0697. The third kappa shape index (κ3) is 3.76. The maximum atomic E-state index is 12.0. The molecule has 0 aliphatic carbocycles. The van der Waals surface area contributed by atoms with Gasteiger partial charge in [0.2, 0.25) is 0 Å². The molecule has 7 heteroatoms. The summed E-state index contributed by atoms with van der Waals surface area (Å²) in [5, 5.41) is 11.6. The minimum absolute atomic E-state index is 0.0600. The van der Waals surface area contributed by atoms with Crippen LogP contribution in [0.2, 0.25) is 5.02 Å². The molecular weight excluding hydrogens is 296 g/mol. The number of nitrogens with one attached hydrogen (secondary N) is 1. The first-order chi connectivity index (χ1) is 9.97. The first-order valence-corrected chi connectivity index (χ1v) is 6.41. The molecule has 0 spiro atoms. The third-order valence-corrected chi connectivity index (χ3v) is 3.12. The topological polar surface area (TPSA) is 82.8 Å². The standard InChI is InChI=1S/C14H13ClN2O4/c1-17(7-9-4-5-21-8-9)14(20)16-12-3-2-10(13(18)19)6-11(12)15/h2-6,8H,7H2,1H3,(H,16,20)(H,18,19). The molecule has 0 bridgehead atoms. The number of hydrogen-bond donors (Lipinski definition) is 2. The Hall–Kier alpha value is -2.47. The van der Waals surface area contributed by atoms with Crippen LogP contribution in [0.1, 0.15) is 15.9 Å². The summed E-state index contributed by atoms with van der Waals surface area (Å²) in [6.07, 6.45) is 3.08. The average molecular weight is 309 g/mol. The highest BCUT2D eigenvalue weighted by Gasteiger charge is 2.13. The Balaban J connectivity index is 2.03. The SMILES string of the molecule is CN(Cc1ccoc1)C(=O)Nc1ccc(C(=O)O)cc1Cl. The van der Waals surface area contributed by atoms with E-state index in [-0.39, 0.29) is 16.6 Å². The summed E-state index contributed by atoms with van der Waals surface area (Å²) >= 11 is 5.95. The van der Waals surface area contributed by atoms with Gasteiger partial charge in [0, 0.05) is 12.6 Å². The van der Waals surface area contributed by atoms with Crippen molar-refractivity contribution < 1.29 is 19.1 Å². The Labute approximate surface area is 125 Å². The quantitative estimate of drug-likeness (QED) is 0.908. The van der Waals surface area contributed by atoms with Crippen molar-refractivity contribution in [2.24, 2.45) is 0 Å². The van der Waals surface area contributed by atoms with Crippen molar-refractivity contribution in [3.8, 4) is 0 Å². The molecule has 0 fully saturated rings. The van der Waals surface area contributed by atoms with Crippen LogP contribution in [0.25, 0.3) is 0 Å². The molecular formula is C14H13ClN2O4. The van der Waals surface area contributed by atoms with Gasteiger partial charge in [0.25, 0.3) is 0 Å². The number of aromatic carboxylic acids is 1. The van der Waals surface area contributed by atoms with Crippen LogP contribution < -0.4 is 5.32 Å². The highest BCUT2D eigenvalue weighted by molar-refractivity contribution is 6.34. The highest BCUT2D eigenvalue weighted by atomic mass is 35.5. The van der Waals surface area contributed by atoms with Crippen LogP contribution >= 0.6 is 11.6 Å². The number of carbonyl (C=O) groups excluding carboxylic acids is 1. The Morgan fingerprint density at radius 3 is 2.71 bits per heavy atom. The predicted molar refractivity (Wildman–Crippen MR) is 77.6 cm³/mol. The second-order valence-electron chi connectivity index (χ2n) is 4.42. The predicted octanol–water partition coefficient (Wildman–Crippen LogP) is 3.30. The molecule has 0 saturated carbocycles. The first-order valence-electron chi connectivity index (χ1n) is 6.03. The van der Waals surface area contributed by atoms with Crippen LogP contribution in [-0.2, 0) is 6.54 Å². The number of anilines is 1. The van der Waals surface area contributed by atoms with Crippen LogP contribution in [0.4, 0.5) is 10.5 Å². The van der Waals surface area contributed by atoms with E-state index in [1.165, 1.54) is 29.4 Å². The largest absolute Gasteiger partial charge is 0.478 e. The molecule has 2 N–H and O–H groups in total. The van der Waals surface area contributed by atoms with Crippen LogP contribution in [0.5, 0.6) is 0 Å². The smallest absolute Gasteiger partial charge is 0.335 e. The third-order valence-electron chi connectivity index (χ3n) is 2.80. The molecule has 1 heterocycles. The van der Waals surface area contributed by atoms with Gasteiger partial charge in [-0.15, -0.1) is 0 Å². The molecule has 110 valence electrons. The molecule has 0 aliphatic heterocycles. The number of amides is 2. The van der Waals surface area contributed by atoms with Gasteiger partial charge in [-0.1, -0.05) is 11.6 Å². The van der Waals surface area contributed by atoms with Crippen LogP contribution in [0, 0.1) is 0 Å². The van der Waals surface area contributed by atoms with E-state index in [2.05, 4.69) is 5.32 Å². The first kappa shape index (κ1) is 14.9. The lowest BCUT2D eigenvalue weighted by atomic mass is 10.2. The van der Waals surface area contributed by atoms with Crippen molar-refractivity contribution in [1.82, 2.24) is 4.90 Å². The van der Waals surface area contributed by atoms with Gasteiger partial charge in [0.1, 0.15) is 0 Å². The van der Waals surface area contributed by atoms with Gasteiger partial charge in [0.15, 0.2) is 0 Å². The number of halogens is 1. The number of hydrogen-bond acceptors (Lipinski definition) is 3. The summed E-state index contributed by atoms with van der Waals surface area (Å²) in [6.45, 7) is 0.382. The number of nitrogens with zero attached hydrogens (tertiary/aromatic N) is 1. The molecule has 0 atom stereocenters. The van der Waals surface area contributed by atoms with Gasteiger partial charge >= 0.3 is 12.0 Å². The van der Waals surface area contributed by atoms with E-state index in [0.29, 0.717) is 12.2 Å². The Morgan fingerprint density at radius 1 is 1.38 bits per heavy atom. The summed E-state index contributed by atoms with van der Waals surface area (Å²) in [7, 11) is 1.63. The van der Waals surface area contributed by atoms with Gasteiger partial charge in [-0.05, 0) is 24.3 Å². The number of urea groups is 1. The summed E-state index contributed by atoms with van der Waals surface area (Å²) in [5.41, 5.74) is 1.27. The van der Waals surface area contributed by atoms with E-state index in [4.69, 9.17) is 21.1 Å². The van der Waals surface area contributed by atoms with E-state index >= 15 is 0 Å². The number of furan rings is 1. The van der Waals surface area contributed by atoms with E-state index in [0.717, 1.165) is 5.56 Å². The second kappa shape index (κ2) is 6.32. The van der Waals surface area contributed by atoms with Gasteiger partial charge < -0.3 is 19.7 Å². The van der Waals surface area contributed by atoms with Crippen molar-refractivity contribution in [3.63, 3.8) is 0 Å². The number of carboxylic acids is 1. The van der Waals surface area contributed by atoms with Crippen molar-refractivity contribution >= 4 is 29.3 Å². The fourth-order valence-electron chi connectivity index (χ4n) is 1.69. The van der Waals surface area contributed by atoms with E-state index in [9.17, 15) is 9.59 Å². The van der Waals surface area contributed by atoms with Crippen LogP contribution in [0.15, 0.2) is 41.2 Å². The van der Waals surface area contributed by atoms with Gasteiger partial charge in [0.05, 0.1) is 35.3 Å². The maximum Gasteiger partial charge on any atom is 0.335 e. The summed E-state index contributed by atoms with van der Waals surface area (Å²) in [4.78, 5) is 24.3. The molecule has 21 heavy (non-hydrogen) atoms. The monoisotopic (exact) mass is 308 g/mol. The molecule has 0 unspecified atom stereocenters. The van der Waals surface area contributed by atoms with Crippen LogP contribution in [-0.4, -0.2) is 29.1 Å². The molecule has 6 nitrogen and oxygen atoms in total. The summed E-state index contributed by atoms with van der Waals surface area (Å²) in [5.74, 6) is -1.08. The number of benzene rings is 1. The minimum Gasteiger partial charge on any atom is -0.478 e. The second-order valence-corrected chi connectivity index (χ2v) is 4.82. The Kier molecular flexibility index (Phi) is 4.49. The minimum atomic E-state index is -1.08. The number of carbonyl (C=O) groups is 2. The van der Waals surface area contributed by atoms with Crippen molar-refractivity contribution in [3.05, 3.63) is 52.9 Å². The zero-order valence-electron chi connectivity index (χ0n) is 11.2. The summed E-state index contributed by atoms with van der Waals surface area (Å²) < 4.78 is 4.93. The van der Waals surface area contributed by atoms with Gasteiger partial charge in [-0.3, -0.25) is 0 Å². The molecule has 2 aromatic rings. The fraction of sp³-hybridized carbons (Fsp3) is 0.143. The summed E-state index contributed by atoms with van der Waals surface area (Å²) in [6, 6.07) is 5.52. The molecule has 0 saturated heterocycles. The van der Waals surface area contributed by atoms with E-state index in [1.54, 1.807) is 19.4 Å². The molecule has 1 aromatic carbocycles. The molecule has 2 amide bonds. The fourth-order valence-corrected chi connectivity index (χ4v) is 1.92. The molecule has 1 aromatic heterocycles. The zero-order valence-corrected chi connectivity index (χ0v) is 11.9. The van der Waals surface area contributed by atoms with Gasteiger partial charge in [-0.25, -0.2) is 9.59 Å². The number of carboxylic acid groups (broad SMARTS) is 1. The number of rotatable bonds is 4. The average Bonchev–Trinajstić information content (AvgIpc) is 2.93. The van der Waals surface area contributed by atoms with Crippen molar-refractivity contribution in [2.75, 3.05) is 12.4 Å². The zero-order chi connectivity index (χ0) is 15.4. The molecule has 0 aliphatic rings. The van der Waals surface area contributed by atoms with Crippen molar-refractivity contribution in [2.45, 2.75) is 6.54 Å². The maximum absolute atomic E-state index is 12.0. The highest BCUT2D eigenvalue weighted by Crippen LogP contribution is 2.23. The van der Waals surface area contributed by atoms with Crippen molar-refractivity contribution in [1.29, 1.82) is 0 Å². The molecule has 0 radical (unpaired) electrons. The Morgan fingerprint density at radius 2 is 2.14 bits per heavy atom. The normalized spacial score (nSPS) is 10.2. The van der Waals surface area contributed by atoms with Gasteiger partial charge in [-0.2, -0.15) is 0 Å².